The van der Waals surface area contributed by atoms with E-state index in [4.69, 9.17) is 5.26 Å². The molecule has 1 saturated heterocycles. The summed E-state index contributed by atoms with van der Waals surface area (Å²) in [5.74, 6) is 1.29. The maximum atomic E-state index is 10.3. The molecular formula is C19H23N5O. The number of anilines is 1. The van der Waals surface area contributed by atoms with Crippen LogP contribution >= 0.6 is 0 Å². The summed E-state index contributed by atoms with van der Waals surface area (Å²) >= 11 is 0. The summed E-state index contributed by atoms with van der Waals surface area (Å²) in [5.41, 5.74) is 1.31. The molecule has 6 nitrogen and oxygen atoms in total. The van der Waals surface area contributed by atoms with E-state index in [0.29, 0.717) is 24.0 Å². The van der Waals surface area contributed by atoms with Gasteiger partial charge in [-0.2, -0.15) is 5.26 Å². The Balaban J connectivity index is 1.40. The number of aromatic nitrogens is 2. The van der Waals surface area contributed by atoms with E-state index < -0.39 is 6.10 Å². The Morgan fingerprint density at radius 2 is 1.96 bits per heavy atom. The van der Waals surface area contributed by atoms with Crippen LogP contribution < -0.4 is 5.32 Å². The molecule has 2 aromatic rings. The minimum Gasteiger partial charge on any atom is -0.387 e. The molecule has 0 spiro atoms. The highest BCUT2D eigenvalue weighted by molar-refractivity contribution is 5.33. The lowest BCUT2D eigenvalue weighted by Gasteiger charge is -2.33. The summed E-state index contributed by atoms with van der Waals surface area (Å²) in [7, 11) is 0. The molecule has 0 aliphatic carbocycles. The zero-order valence-corrected chi connectivity index (χ0v) is 14.2. The van der Waals surface area contributed by atoms with Crippen LogP contribution in [0.5, 0.6) is 0 Å². The lowest BCUT2D eigenvalue weighted by atomic mass is 9.96. The molecule has 1 aromatic heterocycles. The number of aliphatic hydroxyl groups excluding tert-OH is 1. The molecule has 0 bridgehead atoms. The first kappa shape index (κ1) is 17.3. The lowest BCUT2D eigenvalue weighted by Crippen LogP contribution is -2.38. The van der Waals surface area contributed by atoms with Crippen molar-refractivity contribution in [3.8, 4) is 6.07 Å². The molecule has 1 aromatic carbocycles. The Morgan fingerprint density at radius 3 is 2.60 bits per heavy atom. The van der Waals surface area contributed by atoms with Crippen LogP contribution in [0.4, 0.5) is 5.82 Å². The fraction of sp³-hybridized carbons (Fsp3) is 0.421. The van der Waals surface area contributed by atoms with E-state index in [2.05, 4.69) is 20.2 Å². The molecule has 1 fully saturated rings. The van der Waals surface area contributed by atoms with Crippen LogP contribution in [0.15, 0.2) is 42.7 Å². The van der Waals surface area contributed by atoms with Gasteiger partial charge >= 0.3 is 0 Å². The number of hydrogen-bond donors (Lipinski definition) is 2. The van der Waals surface area contributed by atoms with Crippen LogP contribution in [0, 0.1) is 17.2 Å². The van der Waals surface area contributed by atoms with Gasteiger partial charge in [0, 0.05) is 13.1 Å². The number of nitriles is 1. The largest absolute Gasteiger partial charge is 0.387 e. The van der Waals surface area contributed by atoms with Crippen molar-refractivity contribution in [2.24, 2.45) is 5.92 Å². The summed E-state index contributed by atoms with van der Waals surface area (Å²) in [6.07, 6.45) is 4.85. The molecule has 6 heteroatoms. The topological polar surface area (TPSA) is 85.1 Å². The summed E-state index contributed by atoms with van der Waals surface area (Å²) < 4.78 is 0. The standard InChI is InChI=1S/C19H23N5O/c20-10-17-12-23-19(13-21-17)22-11-15-6-8-24(9-7-15)14-18(25)16-4-2-1-3-5-16/h1-5,12-13,15,18,25H,6-9,11,14H2,(H,22,23)/t18-/m1/s1. The fourth-order valence-electron chi connectivity index (χ4n) is 3.12. The highest BCUT2D eigenvalue weighted by Gasteiger charge is 2.21. The van der Waals surface area contributed by atoms with Crippen molar-refractivity contribution in [3.05, 3.63) is 54.0 Å². The quantitative estimate of drug-likeness (QED) is 0.840. The Hall–Kier alpha value is -2.49. The van der Waals surface area contributed by atoms with Crippen LogP contribution in [0.25, 0.3) is 0 Å². The summed E-state index contributed by atoms with van der Waals surface area (Å²) in [4.78, 5) is 10.5. The molecule has 0 unspecified atom stereocenters. The average molecular weight is 337 g/mol. The van der Waals surface area contributed by atoms with Gasteiger partial charge in [0.15, 0.2) is 5.69 Å². The van der Waals surface area contributed by atoms with Crippen molar-refractivity contribution >= 4 is 5.82 Å². The number of aliphatic hydroxyl groups is 1. The van der Waals surface area contributed by atoms with Gasteiger partial charge < -0.3 is 15.3 Å². The van der Waals surface area contributed by atoms with Crippen LogP contribution in [0.1, 0.15) is 30.2 Å². The van der Waals surface area contributed by atoms with E-state index in [9.17, 15) is 5.11 Å². The Bertz CT molecular complexity index is 690. The predicted molar refractivity (Wildman–Crippen MR) is 95.8 cm³/mol. The normalized spacial score (nSPS) is 17.0. The fourth-order valence-corrected chi connectivity index (χ4v) is 3.12. The van der Waals surface area contributed by atoms with Crippen molar-refractivity contribution in [2.45, 2.75) is 18.9 Å². The molecule has 2 N–H and O–H groups in total. The number of β-amino-alcohol motifs (C(OH)–C–C–N with tert-alkyl or cyclic N) is 1. The SMILES string of the molecule is N#Cc1cnc(NCC2CCN(C[C@@H](O)c3ccccc3)CC2)cn1. The van der Waals surface area contributed by atoms with E-state index in [0.717, 1.165) is 38.0 Å². The number of likely N-dealkylation sites (tertiary alicyclic amines) is 1. The molecule has 1 aliphatic rings. The van der Waals surface area contributed by atoms with Crippen molar-refractivity contribution in [1.82, 2.24) is 14.9 Å². The van der Waals surface area contributed by atoms with Crippen LogP contribution in [-0.2, 0) is 0 Å². The van der Waals surface area contributed by atoms with Gasteiger partial charge in [-0.3, -0.25) is 0 Å². The Morgan fingerprint density at radius 1 is 1.20 bits per heavy atom. The summed E-state index contributed by atoms with van der Waals surface area (Å²) in [6, 6.07) is 11.8. The van der Waals surface area contributed by atoms with Gasteiger partial charge in [0.2, 0.25) is 0 Å². The molecule has 1 aliphatic heterocycles. The Labute approximate surface area is 148 Å². The van der Waals surface area contributed by atoms with E-state index in [1.807, 2.05) is 36.4 Å². The molecule has 0 saturated carbocycles. The van der Waals surface area contributed by atoms with Crippen LogP contribution in [-0.4, -0.2) is 46.2 Å². The monoisotopic (exact) mass is 337 g/mol. The molecule has 130 valence electrons. The maximum absolute atomic E-state index is 10.3. The van der Waals surface area contributed by atoms with Gasteiger partial charge in [0.25, 0.3) is 0 Å². The van der Waals surface area contributed by atoms with Crippen molar-refractivity contribution in [3.63, 3.8) is 0 Å². The first-order valence-electron chi connectivity index (χ1n) is 8.66. The van der Waals surface area contributed by atoms with Crippen LogP contribution in [0.3, 0.4) is 0 Å². The smallest absolute Gasteiger partial charge is 0.158 e. The van der Waals surface area contributed by atoms with Crippen molar-refractivity contribution < 1.29 is 5.11 Å². The molecule has 25 heavy (non-hydrogen) atoms. The molecule has 2 heterocycles. The third-order valence-corrected chi connectivity index (χ3v) is 4.66. The number of hydrogen-bond acceptors (Lipinski definition) is 6. The Kier molecular flexibility index (Phi) is 5.94. The van der Waals surface area contributed by atoms with Gasteiger partial charge in [-0.15, -0.1) is 0 Å². The third kappa shape index (κ3) is 4.99. The first-order valence-corrected chi connectivity index (χ1v) is 8.66. The number of piperidine rings is 1. The minimum atomic E-state index is -0.426. The summed E-state index contributed by atoms with van der Waals surface area (Å²) in [5, 5.41) is 22.4. The van der Waals surface area contributed by atoms with Gasteiger partial charge in [-0.25, -0.2) is 9.97 Å². The molecule has 0 amide bonds. The van der Waals surface area contributed by atoms with E-state index in [1.54, 1.807) is 6.20 Å². The number of nitrogens with one attached hydrogen (secondary N) is 1. The van der Waals surface area contributed by atoms with Gasteiger partial charge in [-0.05, 0) is 37.4 Å². The van der Waals surface area contributed by atoms with Crippen molar-refractivity contribution in [1.29, 1.82) is 5.26 Å². The molecule has 1 atom stereocenters. The second-order valence-corrected chi connectivity index (χ2v) is 6.45. The highest BCUT2D eigenvalue weighted by Crippen LogP contribution is 2.21. The van der Waals surface area contributed by atoms with E-state index in [1.165, 1.54) is 6.20 Å². The molecule has 0 radical (unpaired) electrons. The minimum absolute atomic E-state index is 0.329. The molecule has 3 rings (SSSR count). The number of rotatable bonds is 6. The first-order chi connectivity index (χ1) is 12.2. The maximum Gasteiger partial charge on any atom is 0.158 e. The van der Waals surface area contributed by atoms with Crippen molar-refractivity contribution in [2.75, 3.05) is 31.5 Å². The highest BCUT2D eigenvalue weighted by atomic mass is 16.3. The number of benzene rings is 1. The second kappa shape index (κ2) is 8.56. The zero-order chi connectivity index (χ0) is 17.5. The number of nitrogens with zero attached hydrogens (tertiary/aromatic N) is 4. The molecular weight excluding hydrogens is 314 g/mol. The van der Waals surface area contributed by atoms with E-state index in [-0.39, 0.29) is 0 Å². The van der Waals surface area contributed by atoms with E-state index >= 15 is 0 Å². The van der Waals surface area contributed by atoms with Gasteiger partial charge in [0.1, 0.15) is 11.9 Å². The van der Waals surface area contributed by atoms with Gasteiger partial charge in [0.05, 0.1) is 18.5 Å². The average Bonchev–Trinajstić information content (AvgIpc) is 2.68. The predicted octanol–water partition coefficient (Wildman–Crippen LogP) is 2.21. The lowest BCUT2D eigenvalue weighted by molar-refractivity contribution is 0.0909. The second-order valence-electron chi connectivity index (χ2n) is 6.45. The van der Waals surface area contributed by atoms with Gasteiger partial charge in [-0.1, -0.05) is 30.3 Å². The van der Waals surface area contributed by atoms with Crippen LogP contribution in [0.2, 0.25) is 0 Å². The summed E-state index contributed by atoms with van der Waals surface area (Å²) in [6.45, 7) is 3.53. The third-order valence-electron chi connectivity index (χ3n) is 4.66. The zero-order valence-electron chi connectivity index (χ0n) is 14.2.